The van der Waals surface area contributed by atoms with E-state index in [9.17, 15) is 4.79 Å². The van der Waals surface area contributed by atoms with Gasteiger partial charge in [-0.25, -0.2) is 4.98 Å². The van der Waals surface area contributed by atoms with Crippen molar-refractivity contribution in [1.82, 2.24) is 4.98 Å². The maximum absolute atomic E-state index is 13.4. The van der Waals surface area contributed by atoms with Crippen LogP contribution in [0.15, 0.2) is 109 Å². The standard InChI is InChI=1S/C27H20N2OS/c30-26(25(19-10-3-1-4-11-19)20-12-5-2-6-13-20)28-22-15-9-14-21(18-22)27-29-23-16-7-8-17-24(23)31-27/h1-18,25H,(H,28,30). The maximum atomic E-state index is 13.4. The van der Waals surface area contributed by atoms with Crippen LogP contribution in [0.3, 0.4) is 0 Å². The molecule has 0 radical (unpaired) electrons. The highest BCUT2D eigenvalue weighted by atomic mass is 32.1. The van der Waals surface area contributed by atoms with Crippen LogP contribution in [-0.4, -0.2) is 10.9 Å². The van der Waals surface area contributed by atoms with Gasteiger partial charge in [-0.2, -0.15) is 0 Å². The van der Waals surface area contributed by atoms with Crippen LogP contribution in [0.1, 0.15) is 17.0 Å². The number of carbonyl (C=O) groups excluding carboxylic acids is 1. The van der Waals surface area contributed by atoms with Gasteiger partial charge in [-0.3, -0.25) is 4.79 Å². The average Bonchev–Trinajstić information content (AvgIpc) is 3.25. The number of para-hydroxylation sites is 1. The highest BCUT2D eigenvalue weighted by Gasteiger charge is 2.22. The average molecular weight is 421 g/mol. The fourth-order valence-electron chi connectivity index (χ4n) is 3.73. The van der Waals surface area contributed by atoms with Crippen molar-refractivity contribution in [3.63, 3.8) is 0 Å². The molecule has 5 rings (SSSR count). The van der Waals surface area contributed by atoms with Crippen LogP contribution in [0.4, 0.5) is 5.69 Å². The number of thiazole rings is 1. The van der Waals surface area contributed by atoms with Crippen LogP contribution in [0, 0.1) is 0 Å². The molecule has 0 aliphatic carbocycles. The Kier molecular flexibility index (Phi) is 5.29. The van der Waals surface area contributed by atoms with E-state index < -0.39 is 0 Å². The molecular formula is C27H20N2OS. The third kappa shape index (κ3) is 4.11. The van der Waals surface area contributed by atoms with Gasteiger partial charge in [-0.1, -0.05) is 84.9 Å². The Balaban J connectivity index is 1.45. The smallest absolute Gasteiger partial charge is 0.236 e. The Hall–Kier alpha value is -3.76. The topological polar surface area (TPSA) is 42.0 Å². The molecule has 0 aliphatic heterocycles. The molecule has 0 atom stereocenters. The number of amides is 1. The fourth-order valence-corrected chi connectivity index (χ4v) is 4.69. The highest BCUT2D eigenvalue weighted by Crippen LogP contribution is 2.32. The molecule has 4 heteroatoms. The van der Waals surface area contributed by atoms with Crippen LogP contribution in [0.25, 0.3) is 20.8 Å². The van der Waals surface area contributed by atoms with Gasteiger partial charge in [0.15, 0.2) is 0 Å². The summed E-state index contributed by atoms with van der Waals surface area (Å²) >= 11 is 1.65. The summed E-state index contributed by atoms with van der Waals surface area (Å²) in [6, 6.07) is 35.8. The van der Waals surface area contributed by atoms with Crippen LogP contribution in [0.2, 0.25) is 0 Å². The molecular weight excluding hydrogens is 400 g/mol. The van der Waals surface area contributed by atoms with E-state index in [2.05, 4.69) is 11.4 Å². The van der Waals surface area contributed by atoms with Crippen molar-refractivity contribution in [1.29, 1.82) is 0 Å². The predicted molar refractivity (Wildman–Crippen MR) is 128 cm³/mol. The second kappa shape index (κ2) is 8.54. The lowest BCUT2D eigenvalue weighted by atomic mass is 9.90. The van der Waals surface area contributed by atoms with Crippen molar-refractivity contribution in [3.05, 3.63) is 120 Å². The summed E-state index contributed by atoms with van der Waals surface area (Å²) in [6.07, 6.45) is 0. The second-order valence-electron chi connectivity index (χ2n) is 7.31. The van der Waals surface area contributed by atoms with Gasteiger partial charge in [0.25, 0.3) is 0 Å². The molecule has 0 unspecified atom stereocenters. The first-order valence-corrected chi connectivity index (χ1v) is 11.0. The zero-order chi connectivity index (χ0) is 21.0. The van der Waals surface area contributed by atoms with E-state index in [-0.39, 0.29) is 11.8 Å². The van der Waals surface area contributed by atoms with E-state index >= 15 is 0 Å². The first-order chi connectivity index (χ1) is 15.3. The SMILES string of the molecule is O=C(Nc1cccc(-c2nc3ccccc3s2)c1)C(c1ccccc1)c1ccccc1. The minimum atomic E-state index is -0.381. The zero-order valence-corrected chi connectivity index (χ0v) is 17.5. The normalized spacial score (nSPS) is 11.0. The third-order valence-electron chi connectivity index (χ3n) is 5.20. The summed E-state index contributed by atoms with van der Waals surface area (Å²) in [5.41, 5.74) is 4.68. The second-order valence-corrected chi connectivity index (χ2v) is 8.34. The largest absolute Gasteiger partial charge is 0.325 e. The van der Waals surface area contributed by atoms with Crippen molar-refractivity contribution in [2.75, 3.05) is 5.32 Å². The van der Waals surface area contributed by atoms with E-state index in [4.69, 9.17) is 4.98 Å². The van der Waals surface area contributed by atoms with E-state index in [1.807, 2.05) is 103 Å². The Bertz CT molecular complexity index is 1260. The molecule has 1 N–H and O–H groups in total. The lowest BCUT2D eigenvalue weighted by molar-refractivity contribution is -0.116. The fraction of sp³-hybridized carbons (Fsp3) is 0.0370. The van der Waals surface area contributed by atoms with Crippen LogP contribution in [-0.2, 0) is 4.79 Å². The first-order valence-electron chi connectivity index (χ1n) is 10.1. The molecule has 0 bridgehead atoms. The quantitative estimate of drug-likeness (QED) is 0.342. The van der Waals surface area contributed by atoms with Gasteiger partial charge in [0.2, 0.25) is 5.91 Å². The number of aromatic nitrogens is 1. The monoisotopic (exact) mass is 420 g/mol. The van der Waals surface area contributed by atoms with Crippen molar-refractivity contribution >= 4 is 33.1 Å². The number of rotatable bonds is 5. The van der Waals surface area contributed by atoms with Gasteiger partial charge in [0.05, 0.1) is 16.1 Å². The molecule has 5 aromatic rings. The molecule has 1 amide bonds. The van der Waals surface area contributed by atoms with Gasteiger partial charge < -0.3 is 5.32 Å². The highest BCUT2D eigenvalue weighted by molar-refractivity contribution is 7.21. The molecule has 0 saturated heterocycles. The first kappa shape index (κ1) is 19.2. The van der Waals surface area contributed by atoms with Gasteiger partial charge >= 0.3 is 0 Å². The molecule has 1 heterocycles. The minimum absolute atomic E-state index is 0.0566. The maximum Gasteiger partial charge on any atom is 0.236 e. The molecule has 150 valence electrons. The zero-order valence-electron chi connectivity index (χ0n) is 16.7. The number of fused-ring (bicyclic) bond motifs is 1. The van der Waals surface area contributed by atoms with Gasteiger partial charge in [0.1, 0.15) is 5.01 Å². The van der Waals surface area contributed by atoms with Crippen molar-refractivity contribution in [2.24, 2.45) is 0 Å². The van der Waals surface area contributed by atoms with Gasteiger partial charge in [0, 0.05) is 11.3 Å². The predicted octanol–water partition coefficient (Wildman–Crippen LogP) is 6.73. The molecule has 1 aromatic heterocycles. The number of benzene rings is 4. The summed E-state index contributed by atoms with van der Waals surface area (Å²) in [6.45, 7) is 0. The molecule has 31 heavy (non-hydrogen) atoms. The van der Waals surface area contributed by atoms with E-state index in [0.29, 0.717) is 0 Å². The number of hydrogen-bond donors (Lipinski definition) is 1. The molecule has 0 spiro atoms. The lowest BCUT2D eigenvalue weighted by Crippen LogP contribution is -2.22. The van der Waals surface area contributed by atoms with Crippen LogP contribution >= 0.6 is 11.3 Å². The summed E-state index contributed by atoms with van der Waals surface area (Å²) < 4.78 is 1.15. The van der Waals surface area contributed by atoms with E-state index in [1.54, 1.807) is 11.3 Å². The molecule has 0 fully saturated rings. The number of anilines is 1. The Morgan fingerprint density at radius 3 is 2.06 bits per heavy atom. The van der Waals surface area contributed by atoms with Crippen molar-refractivity contribution < 1.29 is 4.79 Å². The Morgan fingerprint density at radius 1 is 0.742 bits per heavy atom. The lowest BCUT2D eigenvalue weighted by Gasteiger charge is -2.18. The van der Waals surface area contributed by atoms with E-state index in [0.717, 1.165) is 37.6 Å². The summed E-state index contributed by atoms with van der Waals surface area (Å²) in [4.78, 5) is 18.1. The minimum Gasteiger partial charge on any atom is -0.325 e. The van der Waals surface area contributed by atoms with Crippen molar-refractivity contribution in [3.8, 4) is 10.6 Å². The summed E-state index contributed by atoms with van der Waals surface area (Å²) in [5.74, 6) is -0.438. The number of nitrogens with zero attached hydrogens (tertiary/aromatic N) is 1. The summed E-state index contributed by atoms with van der Waals surface area (Å²) in [5, 5.41) is 4.07. The van der Waals surface area contributed by atoms with Crippen LogP contribution in [0.5, 0.6) is 0 Å². The molecule has 3 nitrogen and oxygen atoms in total. The number of hydrogen-bond acceptors (Lipinski definition) is 3. The van der Waals surface area contributed by atoms with Crippen molar-refractivity contribution in [2.45, 2.75) is 5.92 Å². The molecule has 0 saturated carbocycles. The van der Waals surface area contributed by atoms with Crippen LogP contribution < -0.4 is 5.32 Å². The number of nitrogens with one attached hydrogen (secondary N) is 1. The Labute approximate surface area is 185 Å². The summed E-state index contributed by atoms with van der Waals surface area (Å²) in [7, 11) is 0. The number of carbonyl (C=O) groups is 1. The Morgan fingerprint density at radius 2 is 1.39 bits per heavy atom. The van der Waals surface area contributed by atoms with Gasteiger partial charge in [-0.05, 0) is 35.4 Å². The molecule has 4 aromatic carbocycles. The molecule has 0 aliphatic rings. The van der Waals surface area contributed by atoms with E-state index in [1.165, 1.54) is 0 Å². The van der Waals surface area contributed by atoms with Gasteiger partial charge in [-0.15, -0.1) is 11.3 Å². The third-order valence-corrected chi connectivity index (χ3v) is 6.28.